The number of rotatable bonds is 9. The lowest BCUT2D eigenvalue weighted by molar-refractivity contribution is 0.108. The third kappa shape index (κ3) is 8.17. The summed E-state index contributed by atoms with van der Waals surface area (Å²) in [6, 6.07) is 4.17. The second kappa shape index (κ2) is 10.7. The Hall–Kier alpha value is -1.07. The number of aliphatic imine (C=N–C) groups is 1. The van der Waals surface area contributed by atoms with Gasteiger partial charge in [-0.15, -0.1) is 11.3 Å². The number of ether oxygens (including phenoxy) is 1. The molecular formula is C15H27N3OS. The topological polar surface area (TPSA) is 45.7 Å². The smallest absolute Gasteiger partial charge is 0.191 e. The van der Waals surface area contributed by atoms with Crippen LogP contribution in [0.1, 0.15) is 32.1 Å². The zero-order valence-corrected chi connectivity index (χ0v) is 13.6. The molecule has 0 aromatic carbocycles. The number of nitrogens with one attached hydrogen (secondary N) is 2. The molecule has 5 heteroatoms. The van der Waals surface area contributed by atoms with Crippen molar-refractivity contribution in [1.29, 1.82) is 0 Å². The molecule has 0 aliphatic heterocycles. The van der Waals surface area contributed by atoms with Crippen molar-refractivity contribution in [3.63, 3.8) is 0 Å². The lowest BCUT2D eigenvalue weighted by Gasteiger charge is -2.11. The highest BCUT2D eigenvalue weighted by molar-refractivity contribution is 7.09. The molecule has 0 atom stereocenters. The van der Waals surface area contributed by atoms with Crippen LogP contribution in [0.2, 0.25) is 0 Å². The fourth-order valence-electron chi connectivity index (χ4n) is 1.60. The van der Waals surface area contributed by atoms with Crippen molar-refractivity contribution in [2.24, 2.45) is 10.9 Å². The first-order valence-electron chi connectivity index (χ1n) is 7.34. The number of hydrogen-bond acceptors (Lipinski definition) is 3. The van der Waals surface area contributed by atoms with Crippen molar-refractivity contribution < 1.29 is 4.74 Å². The SMILES string of the molecule is CCNC(=NCc1cccs1)NCCCOCC(C)C. The second-order valence-electron chi connectivity index (χ2n) is 5.02. The molecule has 0 spiro atoms. The molecule has 0 unspecified atom stereocenters. The Balaban J connectivity index is 2.19. The minimum atomic E-state index is 0.604. The Bertz CT molecular complexity index is 363. The van der Waals surface area contributed by atoms with Gasteiger partial charge < -0.3 is 15.4 Å². The van der Waals surface area contributed by atoms with E-state index < -0.39 is 0 Å². The lowest BCUT2D eigenvalue weighted by Crippen LogP contribution is -2.38. The zero-order valence-electron chi connectivity index (χ0n) is 12.8. The van der Waals surface area contributed by atoms with Gasteiger partial charge in [0.1, 0.15) is 0 Å². The summed E-state index contributed by atoms with van der Waals surface area (Å²) >= 11 is 1.74. The van der Waals surface area contributed by atoms with Gasteiger partial charge in [-0.25, -0.2) is 4.99 Å². The molecule has 20 heavy (non-hydrogen) atoms. The summed E-state index contributed by atoms with van der Waals surface area (Å²) in [6.07, 6.45) is 0.996. The number of nitrogens with zero attached hydrogens (tertiary/aromatic N) is 1. The quantitative estimate of drug-likeness (QED) is 0.418. The van der Waals surface area contributed by atoms with Crippen molar-refractivity contribution in [3.8, 4) is 0 Å². The molecule has 0 saturated carbocycles. The summed E-state index contributed by atoms with van der Waals surface area (Å²) in [5, 5.41) is 8.67. The monoisotopic (exact) mass is 297 g/mol. The zero-order chi connectivity index (χ0) is 14.6. The van der Waals surface area contributed by atoms with E-state index in [1.54, 1.807) is 11.3 Å². The van der Waals surface area contributed by atoms with Crippen molar-refractivity contribution in [1.82, 2.24) is 10.6 Å². The number of thiophene rings is 1. The minimum Gasteiger partial charge on any atom is -0.381 e. The van der Waals surface area contributed by atoms with Crippen LogP contribution in [0.15, 0.2) is 22.5 Å². The second-order valence-corrected chi connectivity index (χ2v) is 6.06. The van der Waals surface area contributed by atoms with Crippen LogP contribution in [0.5, 0.6) is 0 Å². The molecule has 1 aromatic heterocycles. The van der Waals surface area contributed by atoms with E-state index in [1.165, 1.54) is 4.88 Å². The Kier molecular flexibility index (Phi) is 9.07. The molecule has 0 fully saturated rings. The third-order valence-electron chi connectivity index (χ3n) is 2.53. The van der Waals surface area contributed by atoms with Crippen molar-refractivity contribution >= 4 is 17.3 Å². The van der Waals surface area contributed by atoms with E-state index in [2.05, 4.69) is 53.9 Å². The van der Waals surface area contributed by atoms with Gasteiger partial charge in [0.15, 0.2) is 5.96 Å². The maximum Gasteiger partial charge on any atom is 0.191 e. The Morgan fingerprint density at radius 3 is 2.90 bits per heavy atom. The normalized spacial score (nSPS) is 11.9. The van der Waals surface area contributed by atoms with E-state index in [4.69, 9.17) is 4.74 Å². The highest BCUT2D eigenvalue weighted by Crippen LogP contribution is 2.09. The minimum absolute atomic E-state index is 0.604. The van der Waals surface area contributed by atoms with Gasteiger partial charge in [-0.05, 0) is 30.7 Å². The van der Waals surface area contributed by atoms with Crippen LogP contribution in [0.25, 0.3) is 0 Å². The Morgan fingerprint density at radius 1 is 1.40 bits per heavy atom. The van der Waals surface area contributed by atoms with Crippen molar-refractivity contribution in [2.45, 2.75) is 33.7 Å². The van der Waals surface area contributed by atoms with Gasteiger partial charge in [-0.3, -0.25) is 0 Å². The molecule has 1 heterocycles. The van der Waals surface area contributed by atoms with Crippen LogP contribution < -0.4 is 10.6 Å². The standard InChI is InChI=1S/C15H27N3OS/c1-4-16-15(18-11-14-7-5-10-20-14)17-8-6-9-19-12-13(2)3/h5,7,10,13H,4,6,8-9,11-12H2,1-3H3,(H2,16,17,18). The van der Waals surface area contributed by atoms with Crippen LogP contribution >= 0.6 is 11.3 Å². The summed E-state index contributed by atoms with van der Waals surface area (Å²) in [5.74, 6) is 1.48. The lowest BCUT2D eigenvalue weighted by atomic mass is 10.2. The summed E-state index contributed by atoms with van der Waals surface area (Å²) in [6.45, 7) is 10.5. The van der Waals surface area contributed by atoms with Gasteiger partial charge in [0.25, 0.3) is 0 Å². The van der Waals surface area contributed by atoms with Gasteiger partial charge in [-0.1, -0.05) is 19.9 Å². The molecule has 0 radical (unpaired) electrons. The molecule has 0 amide bonds. The Labute approximate surface area is 126 Å². The molecule has 0 bridgehead atoms. The maximum absolute atomic E-state index is 5.56. The van der Waals surface area contributed by atoms with E-state index >= 15 is 0 Å². The molecule has 1 rings (SSSR count). The highest BCUT2D eigenvalue weighted by atomic mass is 32.1. The van der Waals surface area contributed by atoms with E-state index in [0.29, 0.717) is 5.92 Å². The fourth-order valence-corrected chi connectivity index (χ4v) is 2.23. The largest absolute Gasteiger partial charge is 0.381 e. The van der Waals surface area contributed by atoms with Crippen LogP contribution in [-0.4, -0.2) is 32.3 Å². The molecule has 2 N–H and O–H groups in total. The van der Waals surface area contributed by atoms with Gasteiger partial charge in [0, 0.05) is 31.2 Å². The van der Waals surface area contributed by atoms with E-state index in [1.807, 2.05) is 0 Å². The van der Waals surface area contributed by atoms with Crippen LogP contribution in [0.3, 0.4) is 0 Å². The predicted octanol–water partition coefficient (Wildman–Crippen LogP) is 2.87. The first-order valence-corrected chi connectivity index (χ1v) is 8.22. The maximum atomic E-state index is 5.56. The molecule has 0 saturated heterocycles. The van der Waals surface area contributed by atoms with Gasteiger partial charge in [0.05, 0.1) is 6.54 Å². The van der Waals surface area contributed by atoms with Crippen molar-refractivity contribution in [2.75, 3.05) is 26.3 Å². The molecule has 4 nitrogen and oxygen atoms in total. The van der Waals surface area contributed by atoms with Crippen LogP contribution in [0, 0.1) is 5.92 Å². The number of guanidine groups is 1. The third-order valence-corrected chi connectivity index (χ3v) is 3.39. The van der Waals surface area contributed by atoms with Gasteiger partial charge in [-0.2, -0.15) is 0 Å². The molecule has 0 aliphatic carbocycles. The summed E-state index contributed by atoms with van der Waals surface area (Å²) in [4.78, 5) is 5.85. The molecule has 0 aliphatic rings. The van der Waals surface area contributed by atoms with Gasteiger partial charge in [0.2, 0.25) is 0 Å². The van der Waals surface area contributed by atoms with Crippen molar-refractivity contribution in [3.05, 3.63) is 22.4 Å². The van der Waals surface area contributed by atoms with Crippen LogP contribution in [0.4, 0.5) is 0 Å². The first-order chi connectivity index (χ1) is 9.72. The molecular weight excluding hydrogens is 270 g/mol. The predicted molar refractivity (Wildman–Crippen MR) is 87.4 cm³/mol. The Morgan fingerprint density at radius 2 is 2.25 bits per heavy atom. The summed E-state index contributed by atoms with van der Waals surface area (Å²) in [7, 11) is 0. The van der Waals surface area contributed by atoms with E-state index in [9.17, 15) is 0 Å². The molecule has 114 valence electrons. The first kappa shape index (κ1) is 17.0. The average Bonchev–Trinajstić information content (AvgIpc) is 2.92. The summed E-state index contributed by atoms with van der Waals surface area (Å²) in [5.41, 5.74) is 0. The highest BCUT2D eigenvalue weighted by Gasteiger charge is 1.98. The fraction of sp³-hybridized carbons (Fsp3) is 0.667. The number of hydrogen-bond donors (Lipinski definition) is 2. The average molecular weight is 297 g/mol. The van der Waals surface area contributed by atoms with E-state index in [0.717, 1.165) is 45.2 Å². The summed E-state index contributed by atoms with van der Waals surface area (Å²) < 4.78 is 5.56. The van der Waals surface area contributed by atoms with E-state index in [-0.39, 0.29) is 0 Å². The van der Waals surface area contributed by atoms with Crippen LogP contribution in [-0.2, 0) is 11.3 Å². The molecule has 1 aromatic rings. The van der Waals surface area contributed by atoms with Gasteiger partial charge >= 0.3 is 0 Å².